The number of para-hydroxylation sites is 1. The van der Waals surface area contributed by atoms with Crippen LogP contribution in [0.1, 0.15) is 0 Å². The Labute approximate surface area is 103 Å². The summed E-state index contributed by atoms with van der Waals surface area (Å²) in [6, 6.07) is 16.2. The van der Waals surface area contributed by atoms with Gasteiger partial charge in [-0.15, -0.1) is 0 Å². The Morgan fingerprint density at radius 2 is 1.67 bits per heavy atom. The summed E-state index contributed by atoms with van der Waals surface area (Å²) in [5.41, 5.74) is 1.10. The molecule has 0 saturated carbocycles. The lowest BCUT2D eigenvalue weighted by molar-refractivity contribution is 0.477. The third kappa shape index (κ3) is 1.66. The third-order valence-electron chi connectivity index (χ3n) is 2.95. The fourth-order valence-corrected chi connectivity index (χ4v) is 2.06. The van der Waals surface area contributed by atoms with Crippen LogP contribution in [0.2, 0.25) is 0 Å². The number of aromatic hydroxyl groups is 1. The number of aromatic nitrogens is 1. The lowest BCUT2D eigenvalue weighted by atomic mass is 10.1. The van der Waals surface area contributed by atoms with Crippen molar-refractivity contribution in [3.63, 3.8) is 0 Å². The lowest BCUT2D eigenvalue weighted by Crippen LogP contribution is -2.06. The fourth-order valence-electron chi connectivity index (χ4n) is 2.06. The van der Waals surface area contributed by atoms with Crippen molar-refractivity contribution in [2.24, 2.45) is 0 Å². The second-order valence-corrected chi connectivity index (χ2v) is 4.12. The van der Waals surface area contributed by atoms with Gasteiger partial charge in [-0.1, -0.05) is 30.3 Å². The number of hydrogen-bond donors (Lipinski definition) is 2. The average molecular weight is 237 g/mol. The van der Waals surface area contributed by atoms with Crippen LogP contribution in [0, 0.1) is 0 Å². The molecule has 0 aliphatic carbocycles. The van der Waals surface area contributed by atoms with Crippen LogP contribution in [0.3, 0.4) is 0 Å². The molecular formula is C15H11NO2. The molecule has 1 aromatic heterocycles. The zero-order valence-electron chi connectivity index (χ0n) is 9.55. The molecule has 0 aliphatic rings. The van der Waals surface area contributed by atoms with Gasteiger partial charge in [0.15, 0.2) is 0 Å². The Balaban J connectivity index is 2.32. The molecule has 0 fully saturated rings. The molecule has 2 aromatic carbocycles. The number of phenols is 1. The number of rotatable bonds is 1. The highest BCUT2D eigenvalue weighted by atomic mass is 16.3. The van der Waals surface area contributed by atoms with E-state index in [1.54, 1.807) is 24.3 Å². The molecule has 0 bridgehead atoms. The highest BCUT2D eigenvalue weighted by Crippen LogP contribution is 2.27. The molecule has 88 valence electrons. The summed E-state index contributed by atoms with van der Waals surface area (Å²) < 4.78 is 0. The number of H-pyrrole nitrogens is 1. The first-order chi connectivity index (χ1) is 8.75. The van der Waals surface area contributed by atoms with Gasteiger partial charge in [0.1, 0.15) is 5.75 Å². The van der Waals surface area contributed by atoms with E-state index < -0.39 is 0 Å². The lowest BCUT2D eigenvalue weighted by Gasteiger charge is -2.05. The average Bonchev–Trinajstić information content (AvgIpc) is 2.39. The van der Waals surface area contributed by atoms with Gasteiger partial charge in [-0.2, -0.15) is 0 Å². The largest absolute Gasteiger partial charge is 0.507 e. The van der Waals surface area contributed by atoms with Crippen LogP contribution in [-0.4, -0.2) is 10.1 Å². The van der Waals surface area contributed by atoms with Crippen LogP contribution in [-0.2, 0) is 0 Å². The zero-order chi connectivity index (χ0) is 12.5. The van der Waals surface area contributed by atoms with Crippen LogP contribution in [0.25, 0.3) is 22.0 Å². The molecule has 3 aromatic rings. The van der Waals surface area contributed by atoms with E-state index in [4.69, 9.17) is 0 Å². The smallest absolute Gasteiger partial charge is 0.256 e. The number of pyridine rings is 1. The molecule has 0 atom stereocenters. The van der Waals surface area contributed by atoms with E-state index in [1.807, 2.05) is 30.3 Å². The first-order valence-corrected chi connectivity index (χ1v) is 5.66. The van der Waals surface area contributed by atoms with Crippen molar-refractivity contribution in [3.8, 4) is 17.0 Å². The molecule has 1 heterocycles. The Morgan fingerprint density at radius 1 is 0.944 bits per heavy atom. The molecular weight excluding hydrogens is 226 g/mol. The van der Waals surface area contributed by atoms with E-state index in [1.165, 1.54) is 0 Å². The molecule has 0 spiro atoms. The van der Waals surface area contributed by atoms with Gasteiger partial charge in [-0.3, -0.25) is 4.79 Å². The number of hydrogen-bond acceptors (Lipinski definition) is 2. The standard InChI is InChI=1S/C15H11NO2/c17-14-8-4-3-7-12(14)13-9-10-5-1-2-6-11(10)15(18)16-13/h1-9,17H,(H,16,18). The van der Waals surface area contributed by atoms with Gasteiger partial charge in [0.05, 0.1) is 5.69 Å². The zero-order valence-corrected chi connectivity index (χ0v) is 9.55. The van der Waals surface area contributed by atoms with Crippen molar-refractivity contribution in [1.82, 2.24) is 4.98 Å². The van der Waals surface area contributed by atoms with Crippen LogP contribution in [0.5, 0.6) is 5.75 Å². The minimum Gasteiger partial charge on any atom is -0.507 e. The first kappa shape index (κ1) is 10.6. The third-order valence-corrected chi connectivity index (χ3v) is 2.95. The quantitative estimate of drug-likeness (QED) is 0.683. The molecule has 18 heavy (non-hydrogen) atoms. The van der Waals surface area contributed by atoms with E-state index in [9.17, 15) is 9.90 Å². The van der Waals surface area contributed by atoms with Gasteiger partial charge in [-0.25, -0.2) is 0 Å². The monoisotopic (exact) mass is 237 g/mol. The summed E-state index contributed by atoms with van der Waals surface area (Å²) in [5, 5.41) is 11.3. The van der Waals surface area contributed by atoms with Gasteiger partial charge >= 0.3 is 0 Å². The van der Waals surface area contributed by atoms with Crippen molar-refractivity contribution in [2.45, 2.75) is 0 Å². The maximum absolute atomic E-state index is 11.9. The fraction of sp³-hybridized carbons (Fsp3) is 0. The van der Waals surface area contributed by atoms with Gasteiger partial charge in [0, 0.05) is 10.9 Å². The van der Waals surface area contributed by atoms with Crippen LogP contribution in [0.4, 0.5) is 0 Å². The Morgan fingerprint density at radius 3 is 2.50 bits per heavy atom. The summed E-state index contributed by atoms with van der Waals surface area (Å²) in [5.74, 6) is 0.156. The van der Waals surface area contributed by atoms with Crippen molar-refractivity contribution in [2.75, 3.05) is 0 Å². The van der Waals surface area contributed by atoms with Gasteiger partial charge in [0.25, 0.3) is 5.56 Å². The second-order valence-electron chi connectivity index (χ2n) is 4.12. The van der Waals surface area contributed by atoms with E-state index in [0.29, 0.717) is 16.6 Å². The Bertz CT molecular complexity index is 775. The minimum absolute atomic E-state index is 0.147. The van der Waals surface area contributed by atoms with Crippen LogP contribution in [0.15, 0.2) is 59.4 Å². The molecule has 0 aliphatic heterocycles. The predicted molar refractivity (Wildman–Crippen MR) is 71.7 cm³/mol. The molecule has 0 saturated heterocycles. The molecule has 0 amide bonds. The second kappa shape index (κ2) is 4.04. The normalized spacial score (nSPS) is 10.7. The summed E-state index contributed by atoms with van der Waals surface area (Å²) in [6.45, 7) is 0. The molecule has 3 rings (SSSR count). The van der Waals surface area contributed by atoms with Crippen molar-refractivity contribution in [3.05, 3.63) is 65.0 Å². The highest BCUT2D eigenvalue weighted by Gasteiger charge is 2.06. The van der Waals surface area contributed by atoms with Gasteiger partial charge in [-0.05, 0) is 29.7 Å². The number of nitrogens with one attached hydrogen (secondary N) is 1. The SMILES string of the molecule is O=c1[nH]c(-c2ccccc2O)cc2ccccc12. The van der Waals surface area contributed by atoms with Crippen molar-refractivity contribution < 1.29 is 5.11 Å². The summed E-state index contributed by atoms with van der Waals surface area (Å²) in [7, 11) is 0. The minimum atomic E-state index is -0.147. The molecule has 3 heteroatoms. The maximum Gasteiger partial charge on any atom is 0.256 e. The molecule has 2 N–H and O–H groups in total. The first-order valence-electron chi connectivity index (χ1n) is 5.66. The van der Waals surface area contributed by atoms with E-state index in [-0.39, 0.29) is 11.3 Å². The number of benzene rings is 2. The number of aromatic amines is 1. The van der Waals surface area contributed by atoms with Crippen molar-refractivity contribution in [1.29, 1.82) is 0 Å². The molecule has 3 nitrogen and oxygen atoms in total. The van der Waals surface area contributed by atoms with Crippen LogP contribution < -0.4 is 5.56 Å². The molecule has 0 unspecified atom stereocenters. The van der Waals surface area contributed by atoms with Gasteiger partial charge in [0.2, 0.25) is 0 Å². The van der Waals surface area contributed by atoms with E-state index in [2.05, 4.69) is 4.98 Å². The number of phenolic OH excluding ortho intramolecular Hbond substituents is 1. The maximum atomic E-state index is 11.9. The number of fused-ring (bicyclic) bond motifs is 1. The van der Waals surface area contributed by atoms with E-state index in [0.717, 1.165) is 5.39 Å². The highest BCUT2D eigenvalue weighted by molar-refractivity contribution is 5.85. The van der Waals surface area contributed by atoms with Crippen LogP contribution >= 0.6 is 0 Å². The summed E-state index contributed by atoms with van der Waals surface area (Å²) in [4.78, 5) is 14.7. The Hall–Kier alpha value is -2.55. The Kier molecular flexibility index (Phi) is 2.38. The predicted octanol–water partition coefficient (Wildman–Crippen LogP) is 2.90. The topological polar surface area (TPSA) is 53.1 Å². The van der Waals surface area contributed by atoms with Crippen molar-refractivity contribution >= 4 is 10.8 Å². The van der Waals surface area contributed by atoms with E-state index >= 15 is 0 Å². The summed E-state index contributed by atoms with van der Waals surface area (Å²) >= 11 is 0. The van der Waals surface area contributed by atoms with Gasteiger partial charge < -0.3 is 10.1 Å². The summed E-state index contributed by atoms with van der Waals surface area (Å²) in [6.07, 6.45) is 0. The molecule has 0 radical (unpaired) electrons.